The molecule has 1 rings (SSSR count). The summed E-state index contributed by atoms with van der Waals surface area (Å²) in [4.78, 5) is 22.1. The molecule has 0 heterocycles. The fourth-order valence-corrected chi connectivity index (χ4v) is 1.71. The minimum atomic E-state index is -1.47. The van der Waals surface area contributed by atoms with Crippen molar-refractivity contribution in [3.05, 3.63) is 34.3 Å². The van der Waals surface area contributed by atoms with E-state index in [-0.39, 0.29) is 18.9 Å². The maximum atomic E-state index is 11.7. The lowest BCUT2D eigenvalue weighted by Crippen LogP contribution is -2.30. The summed E-state index contributed by atoms with van der Waals surface area (Å²) < 4.78 is 0. The summed E-state index contributed by atoms with van der Waals surface area (Å²) in [6.45, 7) is 1.90. The molecular weight excluding hydrogens is 258 g/mol. The first-order chi connectivity index (χ1) is 8.40. The number of halogens is 1. The fraction of sp³-hybridized carbons (Fsp3) is 0.333. The van der Waals surface area contributed by atoms with Gasteiger partial charge >= 0.3 is 5.97 Å². The Morgan fingerprint density at radius 1 is 1.39 bits per heavy atom. The Bertz CT molecular complexity index is 441. The van der Waals surface area contributed by atoms with Crippen molar-refractivity contribution < 1.29 is 19.8 Å². The second-order valence-corrected chi connectivity index (χ2v) is 4.35. The number of aliphatic carboxylic acids is 1. The van der Waals surface area contributed by atoms with Gasteiger partial charge in [-0.3, -0.25) is 4.79 Å². The van der Waals surface area contributed by atoms with E-state index in [1.165, 1.54) is 6.07 Å². The van der Waals surface area contributed by atoms with Gasteiger partial charge in [-0.25, -0.2) is 4.79 Å². The van der Waals surface area contributed by atoms with E-state index < -0.39 is 12.1 Å². The highest BCUT2D eigenvalue weighted by Crippen LogP contribution is 2.14. The van der Waals surface area contributed by atoms with E-state index in [4.69, 9.17) is 21.8 Å². The standard InChI is InChI=1S/C12H14ClNO4/c1-7-4-8(6-9(13)5-7)11(16)14-3-2-10(15)12(17)18/h4-6,10,15H,2-3H2,1H3,(H,14,16)(H,17,18). The van der Waals surface area contributed by atoms with Gasteiger partial charge in [0.05, 0.1) is 0 Å². The predicted octanol–water partition coefficient (Wildman–Crippen LogP) is 1.21. The number of aliphatic hydroxyl groups excluding tert-OH is 1. The third-order valence-electron chi connectivity index (χ3n) is 2.29. The number of rotatable bonds is 5. The summed E-state index contributed by atoms with van der Waals surface area (Å²) in [6, 6.07) is 4.93. The Labute approximate surface area is 109 Å². The molecule has 3 N–H and O–H groups in total. The van der Waals surface area contributed by atoms with Crippen LogP contribution < -0.4 is 5.32 Å². The lowest BCUT2D eigenvalue weighted by atomic mass is 10.1. The van der Waals surface area contributed by atoms with Gasteiger partial charge in [0, 0.05) is 23.6 Å². The van der Waals surface area contributed by atoms with Crippen LogP contribution in [0.4, 0.5) is 0 Å². The molecule has 0 saturated heterocycles. The molecule has 0 saturated carbocycles. The lowest BCUT2D eigenvalue weighted by molar-refractivity contribution is -0.146. The maximum Gasteiger partial charge on any atom is 0.332 e. The zero-order chi connectivity index (χ0) is 13.7. The summed E-state index contributed by atoms with van der Waals surface area (Å²) in [5, 5.41) is 20.5. The maximum absolute atomic E-state index is 11.7. The normalized spacial score (nSPS) is 11.9. The number of benzene rings is 1. The van der Waals surface area contributed by atoms with Gasteiger partial charge in [0.15, 0.2) is 6.10 Å². The van der Waals surface area contributed by atoms with Crippen molar-refractivity contribution in [2.24, 2.45) is 0 Å². The largest absolute Gasteiger partial charge is 0.479 e. The highest BCUT2D eigenvalue weighted by atomic mass is 35.5. The van der Waals surface area contributed by atoms with Crippen molar-refractivity contribution in [3.63, 3.8) is 0 Å². The molecule has 0 spiro atoms. The molecule has 5 nitrogen and oxygen atoms in total. The minimum Gasteiger partial charge on any atom is -0.479 e. The summed E-state index contributed by atoms with van der Waals surface area (Å²) in [5.74, 6) is -1.65. The number of nitrogens with one attached hydrogen (secondary N) is 1. The monoisotopic (exact) mass is 271 g/mol. The molecule has 1 amide bonds. The van der Waals surface area contributed by atoms with Crippen LogP contribution in [0, 0.1) is 6.92 Å². The Balaban J connectivity index is 2.53. The van der Waals surface area contributed by atoms with Gasteiger partial charge in [0.25, 0.3) is 5.91 Å². The number of carbonyl (C=O) groups excluding carboxylic acids is 1. The van der Waals surface area contributed by atoms with Crippen LogP contribution in [0.2, 0.25) is 5.02 Å². The number of aryl methyl sites for hydroxylation is 1. The van der Waals surface area contributed by atoms with E-state index in [0.717, 1.165) is 5.56 Å². The van der Waals surface area contributed by atoms with Gasteiger partial charge in [0.2, 0.25) is 0 Å². The molecule has 0 aliphatic heterocycles. The molecule has 98 valence electrons. The first-order valence-electron chi connectivity index (χ1n) is 5.36. The van der Waals surface area contributed by atoms with Gasteiger partial charge in [0.1, 0.15) is 0 Å². The van der Waals surface area contributed by atoms with Crippen molar-refractivity contribution in [3.8, 4) is 0 Å². The summed E-state index contributed by atoms with van der Waals surface area (Å²) >= 11 is 5.82. The van der Waals surface area contributed by atoms with Gasteiger partial charge in [-0.05, 0) is 30.7 Å². The van der Waals surface area contributed by atoms with Gasteiger partial charge < -0.3 is 15.5 Å². The van der Waals surface area contributed by atoms with Crippen molar-refractivity contribution in [1.82, 2.24) is 5.32 Å². The second-order valence-electron chi connectivity index (χ2n) is 3.92. The molecule has 18 heavy (non-hydrogen) atoms. The molecule has 0 bridgehead atoms. The number of carbonyl (C=O) groups is 2. The number of hydrogen-bond donors (Lipinski definition) is 3. The van der Waals surface area contributed by atoms with E-state index >= 15 is 0 Å². The van der Waals surface area contributed by atoms with Crippen LogP contribution in [0.15, 0.2) is 18.2 Å². The highest BCUT2D eigenvalue weighted by molar-refractivity contribution is 6.31. The molecule has 0 radical (unpaired) electrons. The third kappa shape index (κ3) is 4.35. The van der Waals surface area contributed by atoms with Crippen molar-refractivity contribution in [1.29, 1.82) is 0 Å². The Morgan fingerprint density at radius 3 is 2.61 bits per heavy atom. The molecule has 0 fully saturated rings. The predicted molar refractivity (Wildman–Crippen MR) is 66.8 cm³/mol. The molecule has 0 aliphatic rings. The number of amides is 1. The quantitative estimate of drug-likeness (QED) is 0.751. The SMILES string of the molecule is Cc1cc(Cl)cc(C(=O)NCCC(O)C(=O)O)c1. The van der Waals surface area contributed by atoms with E-state index in [0.29, 0.717) is 10.6 Å². The van der Waals surface area contributed by atoms with Gasteiger partial charge in [-0.2, -0.15) is 0 Å². The van der Waals surface area contributed by atoms with Crippen molar-refractivity contribution >= 4 is 23.5 Å². The Kier molecular flexibility index (Phi) is 5.12. The number of carboxylic acids is 1. The molecular formula is C12H14ClNO4. The van der Waals surface area contributed by atoms with E-state index in [1.54, 1.807) is 12.1 Å². The molecule has 6 heteroatoms. The van der Waals surface area contributed by atoms with Crippen LogP contribution in [-0.4, -0.2) is 34.7 Å². The third-order valence-corrected chi connectivity index (χ3v) is 2.51. The first kappa shape index (κ1) is 14.5. The van der Waals surface area contributed by atoms with Crippen LogP contribution in [-0.2, 0) is 4.79 Å². The van der Waals surface area contributed by atoms with Gasteiger partial charge in [-0.15, -0.1) is 0 Å². The zero-order valence-corrected chi connectivity index (χ0v) is 10.6. The van der Waals surface area contributed by atoms with E-state index in [1.807, 2.05) is 6.92 Å². The van der Waals surface area contributed by atoms with Crippen molar-refractivity contribution in [2.45, 2.75) is 19.4 Å². The smallest absolute Gasteiger partial charge is 0.332 e. The van der Waals surface area contributed by atoms with Crippen molar-refractivity contribution in [2.75, 3.05) is 6.54 Å². The fourth-order valence-electron chi connectivity index (χ4n) is 1.42. The van der Waals surface area contributed by atoms with Crippen LogP contribution in [0.5, 0.6) is 0 Å². The Morgan fingerprint density at radius 2 is 2.06 bits per heavy atom. The summed E-state index contributed by atoms with van der Waals surface area (Å²) in [7, 11) is 0. The first-order valence-corrected chi connectivity index (χ1v) is 5.74. The number of carboxylic acid groups (broad SMARTS) is 1. The molecule has 1 aromatic carbocycles. The minimum absolute atomic E-state index is 0.0411. The van der Waals surface area contributed by atoms with Crippen LogP contribution >= 0.6 is 11.6 Å². The van der Waals surface area contributed by atoms with Crippen LogP contribution in [0.1, 0.15) is 22.3 Å². The van der Waals surface area contributed by atoms with Gasteiger partial charge in [-0.1, -0.05) is 11.6 Å². The topological polar surface area (TPSA) is 86.6 Å². The lowest BCUT2D eigenvalue weighted by Gasteiger charge is -2.08. The Hall–Kier alpha value is -1.59. The zero-order valence-electron chi connectivity index (χ0n) is 9.81. The van der Waals surface area contributed by atoms with Crippen LogP contribution in [0.25, 0.3) is 0 Å². The number of aliphatic hydroxyl groups is 1. The molecule has 1 unspecified atom stereocenters. The summed E-state index contributed by atoms with van der Waals surface area (Å²) in [5.41, 5.74) is 1.27. The number of hydrogen-bond acceptors (Lipinski definition) is 3. The van der Waals surface area contributed by atoms with E-state index in [2.05, 4.69) is 5.32 Å². The highest BCUT2D eigenvalue weighted by Gasteiger charge is 2.13. The second kappa shape index (κ2) is 6.37. The molecule has 1 aromatic rings. The molecule has 0 aliphatic carbocycles. The average molecular weight is 272 g/mol. The average Bonchev–Trinajstić information content (AvgIpc) is 2.27. The van der Waals surface area contributed by atoms with Crippen LogP contribution in [0.3, 0.4) is 0 Å². The molecule has 1 atom stereocenters. The summed E-state index contributed by atoms with van der Waals surface area (Å²) in [6.07, 6.45) is -1.51. The molecule has 0 aromatic heterocycles. The van der Waals surface area contributed by atoms with E-state index in [9.17, 15) is 9.59 Å².